The van der Waals surface area contributed by atoms with Crippen molar-refractivity contribution < 1.29 is 28.3 Å². The van der Waals surface area contributed by atoms with Gasteiger partial charge in [0.05, 0.1) is 11.3 Å². The van der Waals surface area contributed by atoms with Gasteiger partial charge in [-0.3, -0.25) is 14.8 Å². The van der Waals surface area contributed by atoms with E-state index in [9.17, 15) is 28.3 Å². The van der Waals surface area contributed by atoms with Gasteiger partial charge in [-0.05, 0) is 76.0 Å². The quantitative estimate of drug-likeness (QED) is 0.540. The Bertz CT molecular complexity index is 886. The van der Waals surface area contributed by atoms with Gasteiger partial charge in [0.15, 0.2) is 0 Å². The van der Waals surface area contributed by atoms with E-state index in [1.807, 2.05) is 4.90 Å². The average molecular weight is 498 g/mol. The molecule has 10 heteroatoms. The number of hydrogen-bond acceptors (Lipinski definition) is 6. The number of carbonyl (C=O) groups excluding carboxylic acids is 2. The Labute approximate surface area is 202 Å². The minimum atomic E-state index is -3.64. The molecule has 34 heavy (non-hydrogen) atoms. The van der Waals surface area contributed by atoms with Gasteiger partial charge in [0.25, 0.3) is 5.91 Å². The van der Waals surface area contributed by atoms with Crippen LogP contribution in [0, 0.1) is 17.8 Å². The molecule has 1 aliphatic heterocycles. The summed E-state index contributed by atoms with van der Waals surface area (Å²) in [6.07, 6.45) is 9.32. The monoisotopic (exact) mass is 497 g/mol. The van der Waals surface area contributed by atoms with Crippen molar-refractivity contribution in [3.63, 3.8) is 0 Å². The van der Waals surface area contributed by atoms with Crippen molar-refractivity contribution >= 4 is 21.8 Å². The molecule has 0 spiro atoms. The number of hydrogen-bond donors (Lipinski definition) is 2. The summed E-state index contributed by atoms with van der Waals surface area (Å²) in [5, 5.41) is 19.7. The highest BCUT2D eigenvalue weighted by molar-refractivity contribution is 7.89. The molecule has 1 saturated heterocycles. The summed E-state index contributed by atoms with van der Waals surface area (Å²) >= 11 is 0. The van der Waals surface area contributed by atoms with Crippen LogP contribution in [0.1, 0.15) is 77.0 Å². The summed E-state index contributed by atoms with van der Waals surface area (Å²) in [7, 11) is -3.64. The molecule has 2 amide bonds. The minimum absolute atomic E-state index is 0.0111. The molecule has 0 aromatic rings. The number of nitrogens with zero attached hydrogens (tertiary/aromatic N) is 3. The first kappa shape index (κ1) is 24.5. The lowest BCUT2D eigenvalue weighted by atomic mass is 9.70. The molecule has 4 saturated carbocycles. The van der Waals surface area contributed by atoms with Gasteiger partial charge in [0, 0.05) is 32.1 Å². The zero-order chi connectivity index (χ0) is 24.1. The second kappa shape index (κ2) is 9.33. The lowest BCUT2D eigenvalue weighted by molar-refractivity contribution is -0.148. The Kier molecular flexibility index (Phi) is 6.72. The molecule has 0 aromatic carbocycles. The lowest BCUT2D eigenvalue weighted by Gasteiger charge is -2.40. The van der Waals surface area contributed by atoms with Crippen LogP contribution in [-0.4, -0.2) is 87.9 Å². The van der Waals surface area contributed by atoms with Gasteiger partial charge in [-0.1, -0.05) is 17.3 Å². The van der Waals surface area contributed by atoms with E-state index in [1.165, 1.54) is 0 Å². The van der Waals surface area contributed by atoms with E-state index in [2.05, 4.69) is 0 Å². The van der Waals surface area contributed by atoms with Crippen molar-refractivity contribution in [1.29, 1.82) is 0 Å². The molecule has 5 rings (SSSR count). The number of aliphatic hydroxyl groups is 1. The first-order chi connectivity index (χ1) is 16.2. The topological polar surface area (TPSA) is 118 Å². The van der Waals surface area contributed by atoms with Gasteiger partial charge >= 0.3 is 0 Å². The highest BCUT2D eigenvalue weighted by Gasteiger charge is 2.50. The number of piperazine rings is 1. The molecule has 192 valence electrons. The van der Waals surface area contributed by atoms with Crippen LogP contribution >= 0.6 is 0 Å². The van der Waals surface area contributed by atoms with Gasteiger partial charge < -0.3 is 14.9 Å². The number of carbonyl (C=O) groups is 2. The minimum Gasteiger partial charge on any atom is -0.380 e. The maximum Gasteiger partial charge on any atom is 0.254 e. The lowest BCUT2D eigenvalue weighted by Crippen LogP contribution is -2.54. The molecule has 5 fully saturated rings. The van der Waals surface area contributed by atoms with E-state index in [4.69, 9.17) is 0 Å². The Hall–Kier alpha value is -1.23. The van der Waals surface area contributed by atoms with Crippen molar-refractivity contribution in [1.82, 2.24) is 14.3 Å². The largest absolute Gasteiger partial charge is 0.380 e. The molecular weight excluding hydrogens is 458 g/mol. The molecule has 0 aromatic heterocycles. The third-order valence-corrected chi connectivity index (χ3v) is 11.1. The highest BCUT2D eigenvalue weighted by Crippen LogP contribution is 2.43. The SMILES string of the molecule is O=C(C1CCC(C2CCCC(S(=O)(=O)N(O)C3CC3)C2)CC1)N1CCN(C(=O)C2(O)CC2)CC1. The Morgan fingerprint density at radius 2 is 1.44 bits per heavy atom. The molecule has 5 aliphatic rings. The van der Waals surface area contributed by atoms with Crippen LogP contribution in [0.5, 0.6) is 0 Å². The maximum absolute atomic E-state index is 13.1. The van der Waals surface area contributed by atoms with Gasteiger partial charge in [0.1, 0.15) is 5.60 Å². The van der Waals surface area contributed by atoms with Crippen molar-refractivity contribution in [2.24, 2.45) is 17.8 Å². The van der Waals surface area contributed by atoms with Gasteiger partial charge in [-0.25, -0.2) is 8.42 Å². The van der Waals surface area contributed by atoms with Crippen LogP contribution in [0.3, 0.4) is 0 Å². The first-order valence-corrected chi connectivity index (χ1v) is 14.7. The molecule has 2 N–H and O–H groups in total. The van der Waals surface area contributed by atoms with E-state index < -0.39 is 20.9 Å². The summed E-state index contributed by atoms with van der Waals surface area (Å²) in [6, 6.07) is -0.217. The van der Waals surface area contributed by atoms with E-state index in [-0.39, 0.29) is 23.8 Å². The van der Waals surface area contributed by atoms with Gasteiger partial charge in [0.2, 0.25) is 15.9 Å². The number of hydroxylamine groups is 1. The van der Waals surface area contributed by atoms with Crippen LogP contribution in [-0.2, 0) is 19.6 Å². The van der Waals surface area contributed by atoms with Crippen molar-refractivity contribution in [3.05, 3.63) is 0 Å². The summed E-state index contributed by atoms with van der Waals surface area (Å²) in [5.41, 5.74) is -1.14. The predicted molar refractivity (Wildman–Crippen MR) is 124 cm³/mol. The van der Waals surface area contributed by atoms with E-state index >= 15 is 0 Å². The van der Waals surface area contributed by atoms with E-state index in [0.29, 0.717) is 68.2 Å². The van der Waals surface area contributed by atoms with E-state index in [0.717, 1.165) is 51.4 Å². The molecular formula is C24H39N3O6S. The molecule has 4 aliphatic carbocycles. The zero-order valence-electron chi connectivity index (χ0n) is 20.0. The molecule has 2 unspecified atom stereocenters. The van der Waals surface area contributed by atoms with Crippen LogP contribution < -0.4 is 0 Å². The number of sulfonamides is 1. The fourth-order valence-corrected chi connectivity index (χ4v) is 8.27. The van der Waals surface area contributed by atoms with Gasteiger partial charge in [-0.15, -0.1) is 0 Å². The average Bonchev–Trinajstić information content (AvgIpc) is 3.80. The summed E-state index contributed by atoms with van der Waals surface area (Å²) in [4.78, 5) is 29.0. The fraction of sp³-hybridized carbons (Fsp3) is 0.917. The third-order valence-electron chi connectivity index (χ3n) is 9.00. The molecule has 2 atom stereocenters. The highest BCUT2D eigenvalue weighted by atomic mass is 32.2. The summed E-state index contributed by atoms with van der Waals surface area (Å²) in [6.45, 7) is 2.04. The zero-order valence-corrected chi connectivity index (χ0v) is 20.8. The summed E-state index contributed by atoms with van der Waals surface area (Å²) in [5.74, 6) is 0.801. The van der Waals surface area contributed by atoms with Crippen LogP contribution in [0.4, 0.5) is 0 Å². The Balaban J connectivity index is 1.09. The first-order valence-electron chi connectivity index (χ1n) is 13.2. The van der Waals surface area contributed by atoms with Crippen LogP contribution in [0.2, 0.25) is 0 Å². The Morgan fingerprint density at radius 1 is 0.824 bits per heavy atom. The molecule has 9 nitrogen and oxygen atoms in total. The molecule has 0 radical (unpaired) electrons. The normalized spacial score (nSPS) is 34.2. The van der Waals surface area contributed by atoms with Crippen molar-refractivity contribution in [2.45, 2.75) is 93.9 Å². The second-order valence-electron chi connectivity index (χ2n) is 11.4. The third kappa shape index (κ3) is 4.88. The van der Waals surface area contributed by atoms with E-state index in [1.54, 1.807) is 4.90 Å². The second-order valence-corrected chi connectivity index (χ2v) is 13.4. The maximum atomic E-state index is 13.1. The molecule has 1 heterocycles. The molecule has 0 bridgehead atoms. The van der Waals surface area contributed by atoms with Crippen molar-refractivity contribution in [2.75, 3.05) is 26.2 Å². The predicted octanol–water partition coefficient (Wildman–Crippen LogP) is 1.73. The summed E-state index contributed by atoms with van der Waals surface area (Å²) < 4.78 is 26.3. The fourth-order valence-electron chi connectivity index (χ4n) is 6.39. The van der Waals surface area contributed by atoms with Gasteiger partial charge in [-0.2, -0.15) is 0 Å². The smallest absolute Gasteiger partial charge is 0.254 e. The standard InChI is InChI=1S/C24H39N3O6S/c28-22(25-12-14-26(15-13-25)23(29)24(30)10-11-24)18-6-4-17(5-7-18)19-2-1-3-21(16-19)34(32,33)27(31)20-8-9-20/h17-21,30-31H,1-16H2. The Morgan fingerprint density at radius 3 is 2.03 bits per heavy atom. The van der Waals surface area contributed by atoms with Crippen LogP contribution in [0.25, 0.3) is 0 Å². The number of rotatable bonds is 6. The van der Waals surface area contributed by atoms with Crippen molar-refractivity contribution in [3.8, 4) is 0 Å². The van der Waals surface area contributed by atoms with Crippen LogP contribution in [0.15, 0.2) is 0 Å². The number of amides is 2.